The molecule has 2 rings (SSSR count). The highest BCUT2D eigenvalue weighted by Crippen LogP contribution is 2.34. The summed E-state index contributed by atoms with van der Waals surface area (Å²) in [5, 5.41) is 3.35. The fraction of sp³-hybridized carbons (Fsp3) is 0.455. The first-order chi connectivity index (χ1) is 7.24. The van der Waals surface area contributed by atoms with E-state index in [-0.39, 0.29) is 12.1 Å². The molecular weight excluding hydrogens is 192 g/mol. The van der Waals surface area contributed by atoms with Crippen LogP contribution in [0, 0.1) is 0 Å². The van der Waals surface area contributed by atoms with E-state index in [1.807, 2.05) is 18.2 Å². The summed E-state index contributed by atoms with van der Waals surface area (Å²) in [4.78, 5) is 0. The van der Waals surface area contributed by atoms with Crippen molar-refractivity contribution in [3.63, 3.8) is 0 Å². The van der Waals surface area contributed by atoms with Gasteiger partial charge in [-0.2, -0.15) is 0 Å². The maximum atomic E-state index is 5.75. The van der Waals surface area contributed by atoms with E-state index in [2.05, 4.69) is 12.2 Å². The standard InChI is InChI=1S/C11H16N2O2/c1-7-11(6-12)15-10-4-3-8(14-2)5-9(10)13-7/h3-5,7,11,13H,6,12H2,1-2H3. The van der Waals surface area contributed by atoms with E-state index in [0.717, 1.165) is 17.2 Å². The number of rotatable bonds is 2. The first-order valence-corrected chi connectivity index (χ1v) is 5.06. The maximum Gasteiger partial charge on any atom is 0.143 e. The van der Waals surface area contributed by atoms with Gasteiger partial charge in [0.05, 0.1) is 18.8 Å². The lowest BCUT2D eigenvalue weighted by molar-refractivity contribution is 0.182. The predicted molar refractivity (Wildman–Crippen MR) is 59.5 cm³/mol. The van der Waals surface area contributed by atoms with Gasteiger partial charge in [0.1, 0.15) is 17.6 Å². The second-order valence-corrected chi connectivity index (χ2v) is 3.69. The second-order valence-electron chi connectivity index (χ2n) is 3.69. The lowest BCUT2D eigenvalue weighted by Crippen LogP contribution is -2.44. The van der Waals surface area contributed by atoms with Crippen molar-refractivity contribution < 1.29 is 9.47 Å². The van der Waals surface area contributed by atoms with Gasteiger partial charge in [-0.1, -0.05) is 0 Å². The van der Waals surface area contributed by atoms with E-state index >= 15 is 0 Å². The Balaban J connectivity index is 2.28. The maximum absolute atomic E-state index is 5.75. The minimum Gasteiger partial charge on any atom is -0.497 e. The number of nitrogens with two attached hydrogens (primary N) is 1. The molecule has 0 amide bonds. The van der Waals surface area contributed by atoms with Crippen LogP contribution in [0.2, 0.25) is 0 Å². The van der Waals surface area contributed by atoms with Crippen LogP contribution in [-0.4, -0.2) is 25.8 Å². The summed E-state index contributed by atoms with van der Waals surface area (Å²) in [6.45, 7) is 2.57. The van der Waals surface area contributed by atoms with Gasteiger partial charge in [-0.15, -0.1) is 0 Å². The summed E-state index contributed by atoms with van der Waals surface area (Å²) < 4.78 is 10.9. The molecule has 1 aromatic rings. The van der Waals surface area contributed by atoms with Gasteiger partial charge in [0.15, 0.2) is 0 Å². The fourth-order valence-corrected chi connectivity index (χ4v) is 1.71. The van der Waals surface area contributed by atoms with Gasteiger partial charge in [0.25, 0.3) is 0 Å². The van der Waals surface area contributed by atoms with Crippen molar-refractivity contribution in [2.24, 2.45) is 5.73 Å². The quantitative estimate of drug-likeness (QED) is 0.767. The predicted octanol–water partition coefficient (Wildman–Crippen LogP) is 1.22. The summed E-state index contributed by atoms with van der Waals surface area (Å²) in [6.07, 6.45) is 0.0332. The molecule has 2 unspecified atom stereocenters. The zero-order valence-corrected chi connectivity index (χ0v) is 8.99. The van der Waals surface area contributed by atoms with Crippen molar-refractivity contribution in [2.75, 3.05) is 19.0 Å². The number of hydrogen-bond donors (Lipinski definition) is 2. The first kappa shape index (κ1) is 10.1. The molecule has 15 heavy (non-hydrogen) atoms. The number of hydrogen-bond acceptors (Lipinski definition) is 4. The topological polar surface area (TPSA) is 56.5 Å². The minimum atomic E-state index is 0.0332. The lowest BCUT2D eigenvalue weighted by Gasteiger charge is -2.32. The Labute approximate surface area is 89.4 Å². The van der Waals surface area contributed by atoms with Gasteiger partial charge in [-0.05, 0) is 19.1 Å². The van der Waals surface area contributed by atoms with Crippen LogP contribution < -0.4 is 20.5 Å². The van der Waals surface area contributed by atoms with Crippen LogP contribution in [0.1, 0.15) is 6.92 Å². The van der Waals surface area contributed by atoms with Crippen molar-refractivity contribution in [1.82, 2.24) is 0 Å². The number of fused-ring (bicyclic) bond motifs is 1. The van der Waals surface area contributed by atoms with Crippen LogP contribution in [0.15, 0.2) is 18.2 Å². The number of benzene rings is 1. The summed E-state index contributed by atoms with van der Waals surface area (Å²) >= 11 is 0. The Morgan fingerprint density at radius 3 is 3.00 bits per heavy atom. The summed E-state index contributed by atoms with van der Waals surface area (Å²) in [5.41, 5.74) is 6.58. The van der Waals surface area contributed by atoms with E-state index < -0.39 is 0 Å². The molecule has 0 radical (unpaired) electrons. The highest BCUT2D eigenvalue weighted by Gasteiger charge is 2.24. The lowest BCUT2D eigenvalue weighted by atomic mass is 10.1. The normalized spacial score (nSPS) is 23.7. The summed E-state index contributed by atoms with van der Waals surface area (Å²) in [5.74, 6) is 1.66. The van der Waals surface area contributed by atoms with E-state index in [4.69, 9.17) is 15.2 Å². The van der Waals surface area contributed by atoms with Gasteiger partial charge >= 0.3 is 0 Å². The number of ether oxygens (including phenoxy) is 2. The number of anilines is 1. The molecule has 0 bridgehead atoms. The molecule has 1 aliphatic heterocycles. The van der Waals surface area contributed by atoms with E-state index in [9.17, 15) is 0 Å². The van der Waals surface area contributed by atoms with E-state index in [0.29, 0.717) is 6.54 Å². The third kappa shape index (κ3) is 1.85. The number of nitrogens with one attached hydrogen (secondary N) is 1. The van der Waals surface area contributed by atoms with Crippen molar-refractivity contribution in [2.45, 2.75) is 19.1 Å². The molecule has 1 heterocycles. The molecule has 0 saturated carbocycles. The average molecular weight is 208 g/mol. The van der Waals surface area contributed by atoms with Crippen LogP contribution in [0.5, 0.6) is 11.5 Å². The molecule has 3 N–H and O–H groups in total. The Hall–Kier alpha value is -1.42. The van der Waals surface area contributed by atoms with Crippen molar-refractivity contribution in [3.05, 3.63) is 18.2 Å². The molecule has 0 saturated heterocycles. The third-order valence-electron chi connectivity index (χ3n) is 2.64. The van der Waals surface area contributed by atoms with Crippen LogP contribution >= 0.6 is 0 Å². The highest BCUT2D eigenvalue weighted by atomic mass is 16.5. The fourth-order valence-electron chi connectivity index (χ4n) is 1.71. The van der Waals surface area contributed by atoms with E-state index in [1.165, 1.54) is 0 Å². The molecule has 1 aromatic carbocycles. The Bertz CT molecular complexity index is 354. The molecule has 0 fully saturated rings. The zero-order chi connectivity index (χ0) is 10.8. The first-order valence-electron chi connectivity index (χ1n) is 5.06. The summed E-state index contributed by atoms with van der Waals surface area (Å²) in [7, 11) is 1.65. The minimum absolute atomic E-state index is 0.0332. The Morgan fingerprint density at radius 2 is 2.33 bits per heavy atom. The Morgan fingerprint density at radius 1 is 1.53 bits per heavy atom. The molecular formula is C11H16N2O2. The molecule has 2 atom stereocenters. The third-order valence-corrected chi connectivity index (χ3v) is 2.64. The molecule has 1 aliphatic rings. The van der Waals surface area contributed by atoms with Crippen molar-refractivity contribution in [1.29, 1.82) is 0 Å². The van der Waals surface area contributed by atoms with Gasteiger partial charge in [-0.3, -0.25) is 0 Å². The van der Waals surface area contributed by atoms with Crippen LogP contribution in [0.25, 0.3) is 0 Å². The molecule has 0 spiro atoms. The smallest absolute Gasteiger partial charge is 0.143 e. The number of methoxy groups -OCH3 is 1. The molecule has 4 nitrogen and oxygen atoms in total. The van der Waals surface area contributed by atoms with Crippen LogP contribution in [-0.2, 0) is 0 Å². The van der Waals surface area contributed by atoms with E-state index in [1.54, 1.807) is 7.11 Å². The van der Waals surface area contributed by atoms with Gasteiger partial charge in [-0.25, -0.2) is 0 Å². The molecule has 4 heteroatoms. The van der Waals surface area contributed by atoms with Gasteiger partial charge in [0, 0.05) is 12.6 Å². The van der Waals surface area contributed by atoms with Crippen molar-refractivity contribution in [3.8, 4) is 11.5 Å². The highest BCUT2D eigenvalue weighted by molar-refractivity contribution is 5.61. The Kier molecular flexibility index (Phi) is 2.68. The summed E-state index contributed by atoms with van der Waals surface area (Å²) in [6, 6.07) is 5.92. The molecule has 82 valence electrons. The van der Waals surface area contributed by atoms with Gasteiger partial charge in [0.2, 0.25) is 0 Å². The van der Waals surface area contributed by atoms with Crippen molar-refractivity contribution >= 4 is 5.69 Å². The largest absolute Gasteiger partial charge is 0.497 e. The molecule has 0 aromatic heterocycles. The average Bonchev–Trinajstić information content (AvgIpc) is 2.27. The second kappa shape index (κ2) is 3.98. The zero-order valence-electron chi connectivity index (χ0n) is 8.99. The monoisotopic (exact) mass is 208 g/mol. The van der Waals surface area contributed by atoms with Crippen LogP contribution in [0.3, 0.4) is 0 Å². The SMILES string of the molecule is COc1ccc2c(c1)NC(C)C(CN)O2. The molecule has 0 aliphatic carbocycles. The van der Waals surface area contributed by atoms with Gasteiger partial charge < -0.3 is 20.5 Å². The van der Waals surface area contributed by atoms with Crippen LogP contribution in [0.4, 0.5) is 5.69 Å².